The van der Waals surface area contributed by atoms with Gasteiger partial charge in [0, 0.05) is 7.43 Å². The van der Waals surface area contributed by atoms with Crippen LogP contribution in [0.3, 0.4) is 0 Å². The van der Waals surface area contributed by atoms with Gasteiger partial charge in [0.2, 0.25) is 0 Å². The van der Waals surface area contributed by atoms with E-state index in [1.807, 2.05) is 0 Å². The van der Waals surface area contributed by atoms with Gasteiger partial charge in [0.1, 0.15) is 0 Å². The van der Waals surface area contributed by atoms with Crippen LogP contribution in [0.5, 0.6) is 0 Å². The van der Waals surface area contributed by atoms with Crippen molar-refractivity contribution in [2.24, 2.45) is 0 Å². The highest BCUT2D eigenvalue weighted by molar-refractivity contribution is 5.16. The third-order valence-corrected chi connectivity index (χ3v) is 5.06. The van der Waals surface area contributed by atoms with E-state index in [2.05, 4.69) is 26.0 Å². The first-order chi connectivity index (χ1) is 11.9. The minimum Gasteiger partial charge on any atom is -0.0853 e. The lowest BCUT2D eigenvalue weighted by Crippen LogP contribution is -1.81. The molecule has 25 heavy (non-hydrogen) atoms. The molecule has 0 spiro atoms. The monoisotopic (exact) mass is 344 g/mol. The molecule has 0 N–H and O–H groups in total. The van der Waals surface area contributed by atoms with Gasteiger partial charge in [-0.1, -0.05) is 108 Å². The Morgan fingerprint density at radius 2 is 0.880 bits per heavy atom. The lowest BCUT2D eigenvalue weighted by Gasteiger charge is -2.01. The zero-order valence-electron chi connectivity index (χ0n) is 17.4. The molecule has 2 aliphatic carbocycles. The highest BCUT2D eigenvalue weighted by Gasteiger charge is 2.09. The van der Waals surface area contributed by atoms with Gasteiger partial charge in [0.15, 0.2) is 0 Å². The van der Waals surface area contributed by atoms with Crippen LogP contribution in [-0.4, -0.2) is 0 Å². The maximum absolute atomic E-state index is 2.48. The summed E-state index contributed by atoms with van der Waals surface area (Å²) in [6.07, 6.45) is 30.4. The second kappa shape index (κ2) is 18.3. The van der Waals surface area contributed by atoms with Crippen molar-refractivity contribution >= 4 is 0 Å². The summed E-state index contributed by atoms with van der Waals surface area (Å²) in [5.74, 6) is 0. The van der Waals surface area contributed by atoms with Crippen LogP contribution >= 0.6 is 0 Å². The standard InChI is InChI=1S/C16H30.C8H14.C/c1-2-3-4-5-6-7-8-9-10-11-12-13-16-14-15-16;1-2-3-4-5-8-6-7-8;/h13H,2-12,14-15H2,1H3;5H,2-4,6-7H2,1H3;. The Labute approximate surface area is 160 Å². The normalized spacial score (nSPS) is 14.3. The fourth-order valence-corrected chi connectivity index (χ4v) is 3.00. The zero-order valence-corrected chi connectivity index (χ0v) is 17.4. The van der Waals surface area contributed by atoms with Crippen molar-refractivity contribution in [3.05, 3.63) is 30.7 Å². The SMILES string of the molecule is CCCCC=C1CC1.CCCCCCCCCCCCC=C1CC1.[C]. The van der Waals surface area contributed by atoms with Crippen molar-refractivity contribution in [1.82, 2.24) is 0 Å². The molecule has 2 aliphatic rings. The lowest BCUT2D eigenvalue weighted by atomic mass is 10.1. The van der Waals surface area contributed by atoms with Gasteiger partial charge in [-0.25, -0.2) is 0 Å². The molecule has 0 heteroatoms. The molecular formula is C25H44. The maximum Gasteiger partial charge on any atom is 0 e. The predicted octanol–water partition coefficient (Wildman–Crippen LogP) is 9.00. The van der Waals surface area contributed by atoms with Crippen LogP contribution in [0.2, 0.25) is 0 Å². The Balaban J connectivity index is 0.000000540. The fourth-order valence-electron chi connectivity index (χ4n) is 3.00. The highest BCUT2D eigenvalue weighted by atomic mass is 14.1. The summed E-state index contributed by atoms with van der Waals surface area (Å²) in [5.41, 5.74) is 3.41. The van der Waals surface area contributed by atoms with Crippen molar-refractivity contribution in [1.29, 1.82) is 0 Å². The minimum absolute atomic E-state index is 0. The molecule has 0 amide bonds. The summed E-state index contributed by atoms with van der Waals surface area (Å²) < 4.78 is 0. The van der Waals surface area contributed by atoms with E-state index in [9.17, 15) is 0 Å². The summed E-state index contributed by atoms with van der Waals surface area (Å²) in [5, 5.41) is 0. The maximum atomic E-state index is 2.48. The first-order valence-corrected chi connectivity index (χ1v) is 11.2. The molecule has 0 nitrogen and oxygen atoms in total. The molecule has 0 heterocycles. The molecule has 4 radical (unpaired) electrons. The van der Waals surface area contributed by atoms with Gasteiger partial charge in [-0.3, -0.25) is 0 Å². The van der Waals surface area contributed by atoms with Gasteiger partial charge in [0.05, 0.1) is 0 Å². The third-order valence-electron chi connectivity index (χ3n) is 5.06. The third kappa shape index (κ3) is 19.7. The summed E-state index contributed by atoms with van der Waals surface area (Å²) in [4.78, 5) is 0. The van der Waals surface area contributed by atoms with E-state index in [0.717, 1.165) is 0 Å². The van der Waals surface area contributed by atoms with Gasteiger partial charge >= 0.3 is 0 Å². The van der Waals surface area contributed by atoms with Crippen molar-refractivity contribution in [2.75, 3.05) is 0 Å². The average molecular weight is 345 g/mol. The first-order valence-electron chi connectivity index (χ1n) is 11.2. The summed E-state index contributed by atoms with van der Waals surface area (Å²) in [7, 11) is 0. The second-order valence-corrected chi connectivity index (χ2v) is 7.84. The number of hydrogen-bond acceptors (Lipinski definition) is 0. The molecule has 0 saturated heterocycles. The minimum atomic E-state index is 0. The van der Waals surface area contributed by atoms with Crippen LogP contribution in [0.4, 0.5) is 0 Å². The van der Waals surface area contributed by atoms with E-state index in [1.165, 1.54) is 116 Å². The fraction of sp³-hybridized carbons (Fsp3) is 0.800. The molecule has 0 aromatic heterocycles. The van der Waals surface area contributed by atoms with Gasteiger partial charge in [0.25, 0.3) is 0 Å². The van der Waals surface area contributed by atoms with Crippen LogP contribution in [0, 0.1) is 7.43 Å². The molecule has 0 unspecified atom stereocenters. The zero-order chi connectivity index (χ0) is 17.3. The van der Waals surface area contributed by atoms with E-state index in [0.29, 0.717) is 0 Å². The molecule has 0 aliphatic heterocycles. The van der Waals surface area contributed by atoms with E-state index in [1.54, 1.807) is 11.1 Å². The topological polar surface area (TPSA) is 0 Å². The predicted molar refractivity (Wildman–Crippen MR) is 114 cm³/mol. The Morgan fingerprint density at radius 3 is 1.28 bits per heavy atom. The molecule has 0 atom stereocenters. The van der Waals surface area contributed by atoms with Crippen molar-refractivity contribution < 1.29 is 0 Å². The van der Waals surface area contributed by atoms with Gasteiger partial charge < -0.3 is 0 Å². The van der Waals surface area contributed by atoms with E-state index in [-0.39, 0.29) is 7.43 Å². The van der Waals surface area contributed by atoms with Gasteiger partial charge in [-0.2, -0.15) is 0 Å². The average Bonchev–Trinajstić information content (AvgIpc) is 3.48. The molecule has 2 saturated carbocycles. The van der Waals surface area contributed by atoms with Gasteiger partial charge in [-0.05, 0) is 44.9 Å². The largest absolute Gasteiger partial charge is 0.0853 e. The molecule has 0 aromatic carbocycles. The number of allylic oxidation sites excluding steroid dienone is 4. The van der Waals surface area contributed by atoms with Crippen LogP contribution in [0.15, 0.2) is 23.3 Å². The number of unbranched alkanes of at least 4 members (excludes halogenated alkanes) is 12. The van der Waals surface area contributed by atoms with Crippen LogP contribution in [0.1, 0.15) is 129 Å². The van der Waals surface area contributed by atoms with Crippen molar-refractivity contribution in [3.8, 4) is 0 Å². The van der Waals surface area contributed by atoms with Crippen LogP contribution < -0.4 is 0 Å². The number of rotatable bonds is 14. The van der Waals surface area contributed by atoms with Crippen molar-refractivity contribution in [3.63, 3.8) is 0 Å². The Hall–Kier alpha value is -0.520. The van der Waals surface area contributed by atoms with E-state index >= 15 is 0 Å². The Kier molecular flexibility index (Phi) is 17.9. The molecule has 2 rings (SSSR count). The Bertz CT molecular complexity index is 322. The molecule has 2 fully saturated rings. The van der Waals surface area contributed by atoms with E-state index in [4.69, 9.17) is 0 Å². The van der Waals surface area contributed by atoms with Gasteiger partial charge in [-0.15, -0.1) is 0 Å². The van der Waals surface area contributed by atoms with Crippen LogP contribution in [-0.2, 0) is 0 Å². The molecule has 0 aromatic rings. The molecule has 0 bridgehead atoms. The van der Waals surface area contributed by atoms with Crippen molar-refractivity contribution in [2.45, 2.75) is 129 Å². The molecular weight excluding hydrogens is 300 g/mol. The Morgan fingerprint density at radius 1 is 0.520 bits per heavy atom. The van der Waals surface area contributed by atoms with E-state index < -0.39 is 0 Å². The molecule has 144 valence electrons. The summed E-state index contributed by atoms with van der Waals surface area (Å²) >= 11 is 0. The summed E-state index contributed by atoms with van der Waals surface area (Å²) in [6.45, 7) is 4.53. The lowest BCUT2D eigenvalue weighted by molar-refractivity contribution is 0.557. The number of hydrogen-bond donors (Lipinski definition) is 0. The summed E-state index contributed by atoms with van der Waals surface area (Å²) in [6, 6.07) is 0. The smallest absolute Gasteiger partial charge is 0 e. The quantitative estimate of drug-likeness (QED) is 0.218. The second-order valence-electron chi connectivity index (χ2n) is 7.84. The van der Waals surface area contributed by atoms with Crippen LogP contribution in [0.25, 0.3) is 0 Å². The first kappa shape index (κ1) is 24.5. The highest BCUT2D eigenvalue weighted by Crippen LogP contribution is 2.28.